The predicted molar refractivity (Wildman–Crippen MR) is 39.2 cm³/mol. The Morgan fingerprint density at radius 2 is 2.33 bits per heavy atom. The summed E-state index contributed by atoms with van der Waals surface area (Å²) in [7, 11) is 0. The average molecular weight is 120 g/mol. The zero-order valence-corrected chi connectivity index (χ0v) is 5.85. The van der Waals surface area contributed by atoms with Gasteiger partial charge in [0.2, 0.25) is 0 Å². The number of allylic oxidation sites excluding steroid dienone is 4. The van der Waals surface area contributed by atoms with Crippen LogP contribution in [0, 0.1) is 5.92 Å². The van der Waals surface area contributed by atoms with Crippen LogP contribution in [0.15, 0.2) is 23.3 Å². The molecular weight excluding hydrogens is 108 g/mol. The van der Waals surface area contributed by atoms with Crippen molar-refractivity contribution in [1.82, 2.24) is 0 Å². The third-order valence-corrected chi connectivity index (χ3v) is 2.43. The molecule has 9 heavy (non-hydrogen) atoms. The van der Waals surface area contributed by atoms with Gasteiger partial charge in [0.1, 0.15) is 0 Å². The molecule has 0 heteroatoms. The van der Waals surface area contributed by atoms with Gasteiger partial charge in [-0.05, 0) is 36.3 Å². The third-order valence-electron chi connectivity index (χ3n) is 2.43. The van der Waals surface area contributed by atoms with Gasteiger partial charge in [0.15, 0.2) is 0 Å². The molecule has 0 saturated heterocycles. The highest BCUT2D eigenvalue weighted by Gasteiger charge is 2.21. The highest BCUT2D eigenvalue weighted by atomic mass is 14.3. The van der Waals surface area contributed by atoms with Crippen molar-refractivity contribution in [3.63, 3.8) is 0 Å². The Hall–Kier alpha value is -0.520. The van der Waals surface area contributed by atoms with E-state index in [-0.39, 0.29) is 0 Å². The number of fused-ring (bicyclic) bond motifs is 1. The van der Waals surface area contributed by atoms with E-state index in [2.05, 4.69) is 19.1 Å². The first-order chi connectivity index (χ1) is 4.38. The Balaban J connectivity index is 2.30. The predicted octanol–water partition coefficient (Wildman–Crippen LogP) is 2.67. The molecule has 0 nitrogen and oxygen atoms in total. The molecule has 0 aliphatic heterocycles. The van der Waals surface area contributed by atoms with E-state index in [1.54, 1.807) is 11.1 Å². The second-order valence-electron chi connectivity index (χ2n) is 3.07. The van der Waals surface area contributed by atoms with E-state index in [0.717, 1.165) is 5.92 Å². The standard InChI is InChI=1S/C9H12/c1-7-3-2-4-8-5-6-9(7)8/h4,6-7H,2-3,5H2,1H3. The van der Waals surface area contributed by atoms with Crippen molar-refractivity contribution in [3.05, 3.63) is 23.3 Å². The Labute approximate surface area is 56.3 Å². The topological polar surface area (TPSA) is 0 Å². The summed E-state index contributed by atoms with van der Waals surface area (Å²) in [6.07, 6.45) is 8.70. The summed E-state index contributed by atoms with van der Waals surface area (Å²) < 4.78 is 0. The molecule has 0 aromatic heterocycles. The minimum atomic E-state index is 0.860. The largest absolute Gasteiger partial charge is 0.0807 e. The minimum Gasteiger partial charge on any atom is -0.0807 e. The third kappa shape index (κ3) is 0.658. The molecule has 0 heterocycles. The normalized spacial score (nSPS) is 31.9. The summed E-state index contributed by atoms with van der Waals surface area (Å²) in [6.45, 7) is 2.33. The molecule has 0 saturated carbocycles. The molecule has 1 atom stereocenters. The van der Waals surface area contributed by atoms with Crippen LogP contribution in [0.1, 0.15) is 26.2 Å². The summed E-state index contributed by atoms with van der Waals surface area (Å²) in [4.78, 5) is 0. The summed E-state index contributed by atoms with van der Waals surface area (Å²) in [5, 5.41) is 0. The van der Waals surface area contributed by atoms with E-state index in [9.17, 15) is 0 Å². The van der Waals surface area contributed by atoms with E-state index in [4.69, 9.17) is 0 Å². The first-order valence-corrected chi connectivity index (χ1v) is 3.77. The molecule has 2 aliphatic carbocycles. The Bertz CT molecular complexity index is 184. The Morgan fingerprint density at radius 1 is 1.44 bits per heavy atom. The zero-order chi connectivity index (χ0) is 6.27. The van der Waals surface area contributed by atoms with Gasteiger partial charge in [-0.15, -0.1) is 0 Å². The van der Waals surface area contributed by atoms with Gasteiger partial charge in [-0.2, -0.15) is 0 Å². The Morgan fingerprint density at radius 3 is 2.78 bits per heavy atom. The minimum absolute atomic E-state index is 0.860. The van der Waals surface area contributed by atoms with Gasteiger partial charge in [0.25, 0.3) is 0 Å². The van der Waals surface area contributed by atoms with Gasteiger partial charge in [-0.25, -0.2) is 0 Å². The van der Waals surface area contributed by atoms with Crippen molar-refractivity contribution < 1.29 is 0 Å². The van der Waals surface area contributed by atoms with Gasteiger partial charge in [0.05, 0.1) is 0 Å². The van der Waals surface area contributed by atoms with Crippen LogP contribution in [-0.4, -0.2) is 0 Å². The average Bonchev–Trinajstić information content (AvgIpc) is 1.74. The Kier molecular flexibility index (Phi) is 1.01. The quantitative estimate of drug-likeness (QED) is 0.461. The van der Waals surface area contributed by atoms with Crippen LogP contribution in [0.3, 0.4) is 0 Å². The molecule has 0 spiro atoms. The van der Waals surface area contributed by atoms with Gasteiger partial charge >= 0.3 is 0 Å². The maximum absolute atomic E-state index is 2.40. The van der Waals surface area contributed by atoms with Crippen LogP contribution in [0.4, 0.5) is 0 Å². The molecule has 0 radical (unpaired) electrons. The lowest BCUT2D eigenvalue weighted by atomic mass is 9.77. The van der Waals surface area contributed by atoms with Crippen LogP contribution in [0.25, 0.3) is 0 Å². The van der Waals surface area contributed by atoms with Crippen LogP contribution >= 0.6 is 0 Å². The second-order valence-corrected chi connectivity index (χ2v) is 3.07. The molecule has 0 aromatic rings. The fraction of sp³-hybridized carbons (Fsp3) is 0.556. The fourth-order valence-corrected chi connectivity index (χ4v) is 1.72. The zero-order valence-electron chi connectivity index (χ0n) is 5.85. The first kappa shape index (κ1) is 5.28. The molecule has 48 valence electrons. The molecule has 0 fully saturated rings. The molecule has 2 rings (SSSR count). The highest BCUT2D eigenvalue weighted by Crippen LogP contribution is 2.38. The maximum atomic E-state index is 2.40. The van der Waals surface area contributed by atoms with Crippen molar-refractivity contribution in [1.29, 1.82) is 0 Å². The van der Waals surface area contributed by atoms with Crippen LogP contribution in [-0.2, 0) is 0 Å². The smallest absolute Gasteiger partial charge is 0.00919 e. The van der Waals surface area contributed by atoms with Crippen molar-refractivity contribution in [3.8, 4) is 0 Å². The molecule has 0 amide bonds. The van der Waals surface area contributed by atoms with Crippen molar-refractivity contribution in [2.24, 2.45) is 5.92 Å². The lowest BCUT2D eigenvalue weighted by Crippen LogP contribution is -2.12. The number of rotatable bonds is 0. The van der Waals surface area contributed by atoms with E-state index in [0.29, 0.717) is 0 Å². The SMILES string of the molecule is CC1CCC=C2CC=C21. The molecule has 2 aliphatic rings. The number of hydrogen-bond donors (Lipinski definition) is 0. The summed E-state index contributed by atoms with van der Waals surface area (Å²) in [5.74, 6) is 0.860. The highest BCUT2D eigenvalue weighted by molar-refractivity contribution is 5.44. The van der Waals surface area contributed by atoms with Crippen molar-refractivity contribution in [2.45, 2.75) is 26.2 Å². The summed E-state index contributed by atoms with van der Waals surface area (Å²) in [6, 6.07) is 0. The van der Waals surface area contributed by atoms with E-state index < -0.39 is 0 Å². The van der Waals surface area contributed by atoms with Gasteiger partial charge in [-0.3, -0.25) is 0 Å². The summed E-state index contributed by atoms with van der Waals surface area (Å²) >= 11 is 0. The maximum Gasteiger partial charge on any atom is -0.00919 e. The van der Waals surface area contributed by atoms with Gasteiger partial charge < -0.3 is 0 Å². The van der Waals surface area contributed by atoms with E-state index in [1.165, 1.54) is 19.3 Å². The van der Waals surface area contributed by atoms with Crippen LogP contribution in [0.2, 0.25) is 0 Å². The second kappa shape index (κ2) is 1.73. The molecular formula is C9H12. The monoisotopic (exact) mass is 120 g/mol. The lowest BCUT2D eigenvalue weighted by molar-refractivity contribution is 0.584. The van der Waals surface area contributed by atoms with Crippen LogP contribution < -0.4 is 0 Å². The molecule has 1 unspecified atom stereocenters. The van der Waals surface area contributed by atoms with Crippen molar-refractivity contribution in [2.75, 3.05) is 0 Å². The molecule has 0 N–H and O–H groups in total. The summed E-state index contributed by atoms with van der Waals surface area (Å²) in [5.41, 5.74) is 3.27. The fourth-order valence-electron chi connectivity index (χ4n) is 1.72. The van der Waals surface area contributed by atoms with Crippen LogP contribution in [0.5, 0.6) is 0 Å². The lowest BCUT2D eigenvalue weighted by Gasteiger charge is -2.29. The van der Waals surface area contributed by atoms with Gasteiger partial charge in [-0.1, -0.05) is 19.1 Å². The molecule has 0 aromatic carbocycles. The van der Waals surface area contributed by atoms with E-state index in [1.807, 2.05) is 0 Å². The van der Waals surface area contributed by atoms with E-state index >= 15 is 0 Å². The number of hydrogen-bond acceptors (Lipinski definition) is 0. The van der Waals surface area contributed by atoms with Gasteiger partial charge in [0, 0.05) is 0 Å². The van der Waals surface area contributed by atoms with Crippen molar-refractivity contribution >= 4 is 0 Å². The first-order valence-electron chi connectivity index (χ1n) is 3.77. The molecule has 0 bridgehead atoms.